The van der Waals surface area contributed by atoms with E-state index < -0.39 is 35.4 Å². The largest absolute Gasteiger partial charge is 0.481 e. The lowest BCUT2D eigenvalue weighted by molar-refractivity contribution is -0.156. The van der Waals surface area contributed by atoms with Crippen molar-refractivity contribution >= 4 is 51.8 Å². The molecule has 3 aromatic rings. The van der Waals surface area contributed by atoms with Gasteiger partial charge in [-0.1, -0.05) is 41.9 Å². The molecule has 3 amide bonds. The van der Waals surface area contributed by atoms with Gasteiger partial charge in [0.25, 0.3) is 17.6 Å². The first-order valence-electron chi connectivity index (χ1n) is 13.6. The van der Waals surface area contributed by atoms with E-state index in [1.165, 1.54) is 6.07 Å². The minimum absolute atomic E-state index is 0.106. The number of hydrogen-bond donors (Lipinski definition) is 3. The summed E-state index contributed by atoms with van der Waals surface area (Å²) in [7, 11) is 0. The number of carboxylic acid groups (broad SMARTS) is 1. The molecule has 1 saturated carbocycles. The molecule has 0 unspecified atom stereocenters. The predicted octanol–water partition coefficient (Wildman–Crippen LogP) is 4.73. The SMILES string of the molecule is O=C(Nc1ccc(CC(=O)N2CCC[C@]2(F)C(=O)NC2CCC(C(=O)O)CC2)cc1Cl)c1nccc2ccccc12. The molecule has 2 aliphatic rings. The second-order valence-corrected chi connectivity index (χ2v) is 11.0. The van der Waals surface area contributed by atoms with E-state index in [1.54, 1.807) is 24.4 Å². The van der Waals surface area contributed by atoms with Crippen LogP contribution in [0.5, 0.6) is 0 Å². The Morgan fingerprint density at radius 1 is 1.07 bits per heavy atom. The number of fused-ring (bicyclic) bond motifs is 1. The maximum atomic E-state index is 16.0. The zero-order valence-electron chi connectivity index (χ0n) is 22.2. The summed E-state index contributed by atoms with van der Waals surface area (Å²) in [6.07, 6.45) is 3.34. The van der Waals surface area contributed by atoms with E-state index in [2.05, 4.69) is 15.6 Å². The number of benzene rings is 2. The molecule has 0 radical (unpaired) electrons. The van der Waals surface area contributed by atoms with Crippen LogP contribution in [-0.4, -0.2) is 57.1 Å². The molecule has 1 aliphatic heterocycles. The Hall–Kier alpha value is -4.05. The van der Waals surface area contributed by atoms with Crippen molar-refractivity contribution in [2.75, 3.05) is 11.9 Å². The van der Waals surface area contributed by atoms with Crippen LogP contribution in [0.25, 0.3) is 10.8 Å². The number of hydrogen-bond acceptors (Lipinski definition) is 5. The molecular formula is C30H30ClFN4O5. The molecule has 1 atom stereocenters. The third-order valence-electron chi connectivity index (χ3n) is 7.90. The molecule has 1 aliphatic carbocycles. The second kappa shape index (κ2) is 11.8. The van der Waals surface area contributed by atoms with Gasteiger partial charge in [-0.25, -0.2) is 4.39 Å². The number of halogens is 2. The van der Waals surface area contributed by atoms with Gasteiger partial charge in [0, 0.05) is 30.6 Å². The average Bonchev–Trinajstić information content (AvgIpc) is 3.37. The van der Waals surface area contributed by atoms with Crippen molar-refractivity contribution in [1.82, 2.24) is 15.2 Å². The normalized spacial score (nSPS) is 22.3. The van der Waals surface area contributed by atoms with Crippen LogP contribution in [0.1, 0.15) is 54.6 Å². The first kappa shape index (κ1) is 28.5. The minimum atomic E-state index is -2.47. The molecule has 2 heterocycles. The minimum Gasteiger partial charge on any atom is -0.481 e. The van der Waals surface area contributed by atoms with Gasteiger partial charge in [0.05, 0.1) is 23.0 Å². The molecule has 41 heavy (non-hydrogen) atoms. The first-order valence-corrected chi connectivity index (χ1v) is 14.0. The van der Waals surface area contributed by atoms with E-state index in [-0.39, 0.29) is 36.1 Å². The fourth-order valence-corrected chi connectivity index (χ4v) is 5.90. The molecule has 5 rings (SSSR count). The van der Waals surface area contributed by atoms with Crippen molar-refractivity contribution in [3.63, 3.8) is 0 Å². The number of amides is 3. The predicted molar refractivity (Wildman–Crippen MR) is 151 cm³/mol. The Kier molecular flexibility index (Phi) is 8.21. The quantitative estimate of drug-likeness (QED) is 0.347. The smallest absolute Gasteiger partial charge is 0.306 e. The van der Waals surface area contributed by atoms with E-state index in [4.69, 9.17) is 16.7 Å². The number of nitrogens with zero attached hydrogens (tertiary/aromatic N) is 2. The zero-order valence-corrected chi connectivity index (χ0v) is 23.0. The van der Waals surface area contributed by atoms with Gasteiger partial charge in [-0.05, 0) is 61.3 Å². The summed E-state index contributed by atoms with van der Waals surface area (Å²) in [5, 5.41) is 16.4. The van der Waals surface area contributed by atoms with Crippen molar-refractivity contribution in [3.8, 4) is 0 Å². The van der Waals surface area contributed by atoms with Gasteiger partial charge in [-0.2, -0.15) is 0 Å². The van der Waals surface area contributed by atoms with Crippen LogP contribution in [0, 0.1) is 5.92 Å². The summed E-state index contributed by atoms with van der Waals surface area (Å²) >= 11 is 6.43. The van der Waals surface area contributed by atoms with E-state index in [9.17, 15) is 19.2 Å². The summed E-state index contributed by atoms with van der Waals surface area (Å²) in [6.45, 7) is 0.106. The van der Waals surface area contributed by atoms with Gasteiger partial charge < -0.3 is 20.6 Å². The Morgan fingerprint density at radius 3 is 2.56 bits per heavy atom. The standard InChI is InChI=1S/C30H30ClFN4O5/c31-23-16-18(6-11-24(23)35-27(38)26-22-5-2-1-4-19(22)12-14-33-26)17-25(37)36-15-3-13-30(36,32)29(41)34-21-9-7-20(8-10-21)28(39)40/h1-2,4-6,11-12,14,16,20-21H,3,7-10,13,15,17H2,(H,34,41)(H,35,38)(H,39,40)/t20?,21?,30-/m1/s1. The fourth-order valence-electron chi connectivity index (χ4n) is 5.64. The maximum absolute atomic E-state index is 16.0. The highest BCUT2D eigenvalue weighted by Crippen LogP contribution is 2.34. The molecule has 0 bridgehead atoms. The molecule has 1 saturated heterocycles. The van der Waals surface area contributed by atoms with Gasteiger partial charge in [-0.3, -0.25) is 24.2 Å². The Balaban J connectivity index is 1.22. The van der Waals surface area contributed by atoms with Gasteiger partial charge in [0.15, 0.2) is 0 Å². The number of carbonyl (C=O) groups excluding carboxylic acids is 3. The van der Waals surface area contributed by atoms with Crippen LogP contribution in [-0.2, 0) is 20.8 Å². The van der Waals surface area contributed by atoms with Gasteiger partial charge in [-0.15, -0.1) is 0 Å². The molecule has 214 valence electrons. The third-order valence-corrected chi connectivity index (χ3v) is 8.22. The van der Waals surface area contributed by atoms with Crippen LogP contribution in [0.4, 0.5) is 10.1 Å². The number of nitrogens with one attached hydrogen (secondary N) is 2. The van der Waals surface area contributed by atoms with Crippen LogP contribution >= 0.6 is 11.6 Å². The lowest BCUT2D eigenvalue weighted by Crippen LogP contribution is -2.57. The molecule has 2 aromatic carbocycles. The van der Waals surface area contributed by atoms with Gasteiger partial charge in [0.2, 0.25) is 5.91 Å². The molecular weight excluding hydrogens is 551 g/mol. The van der Waals surface area contributed by atoms with E-state index in [0.717, 1.165) is 10.3 Å². The van der Waals surface area contributed by atoms with E-state index in [0.29, 0.717) is 48.7 Å². The number of carbonyl (C=O) groups is 4. The van der Waals surface area contributed by atoms with Crippen molar-refractivity contribution in [2.45, 2.75) is 56.8 Å². The summed E-state index contributed by atoms with van der Waals surface area (Å²) < 4.78 is 16.0. The van der Waals surface area contributed by atoms with Crippen LogP contribution in [0.3, 0.4) is 0 Å². The highest BCUT2D eigenvalue weighted by atomic mass is 35.5. The number of aromatic nitrogens is 1. The Morgan fingerprint density at radius 2 is 1.83 bits per heavy atom. The summed E-state index contributed by atoms with van der Waals surface area (Å²) in [5.41, 5.74) is 1.09. The number of rotatable bonds is 7. The monoisotopic (exact) mass is 580 g/mol. The van der Waals surface area contributed by atoms with Gasteiger partial charge in [0.1, 0.15) is 5.69 Å². The van der Waals surface area contributed by atoms with E-state index in [1.807, 2.05) is 24.3 Å². The first-order chi connectivity index (χ1) is 19.7. The van der Waals surface area contributed by atoms with Crippen molar-refractivity contribution < 1.29 is 28.7 Å². The molecule has 2 fully saturated rings. The number of aliphatic carboxylic acids is 1. The van der Waals surface area contributed by atoms with Crippen molar-refractivity contribution in [2.24, 2.45) is 5.92 Å². The highest BCUT2D eigenvalue weighted by molar-refractivity contribution is 6.34. The third kappa shape index (κ3) is 6.02. The average molecular weight is 581 g/mol. The maximum Gasteiger partial charge on any atom is 0.306 e. The molecule has 0 spiro atoms. The molecule has 11 heteroatoms. The molecule has 3 N–H and O–H groups in total. The highest BCUT2D eigenvalue weighted by Gasteiger charge is 2.50. The number of carboxylic acids is 1. The van der Waals surface area contributed by atoms with Crippen molar-refractivity contribution in [3.05, 3.63) is 71.0 Å². The number of alkyl halides is 1. The Bertz CT molecular complexity index is 1500. The fraction of sp³-hybridized carbons (Fsp3) is 0.367. The van der Waals surface area contributed by atoms with Crippen LogP contribution in [0.2, 0.25) is 5.02 Å². The van der Waals surface area contributed by atoms with Crippen LogP contribution in [0.15, 0.2) is 54.7 Å². The van der Waals surface area contributed by atoms with Gasteiger partial charge >= 0.3 is 5.97 Å². The Labute approximate surface area is 241 Å². The lowest BCUT2D eigenvalue weighted by Gasteiger charge is -2.33. The zero-order chi connectivity index (χ0) is 29.1. The molecule has 9 nitrogen and oxygen atoms in total. The summed E-state index contributed by atoms with van der Waals surface area (Å²) in [6, 6.07) is 13.6. The molecule has 1 aromatic heterocycles. The van der Waals surface area contributed by atoms with E-state index >= 15 is 4.39 Å². The number of anilines is 1. The van der Waals surface area contributed by atoms with Crippen LogP contribution < -0.4 is 10.6 Å². The summed E-state index contributed by atoms with van der Waals surface area (Å²) in [4.78, 5) is 55.4. The second-order valence-electron chi connectivity index (χ2n) is 10.6. The lowest BCUT2D eigenvalue weighted by atomic mass is 9.86. The topological polar surface area (TPSA) is 129 Å². The summed E-state index contributed by atoms with van der Waals surface area (Å²) in [5.74, 6) is -5.63. The number of likely N-dealkylation sites (tertiary alicyclic amines) is 1. The number of pyridine rings is 1. The van der Waals surface area contributed by atoms with Crippen molar-refractivity contribution in [1.29, 1.82) is 0 Å².